The van der Waals surface area contributed by atoms with Gasteiger partial charge >= 0.3 is 0 Å². The highest BCUT2D eigenvalue weighted by Crippen LogP contribution is 2.21. The number of rotatable bonds is 3. The number of hydrogen-bond donors (Lipinski definition) is 0. The molecule has 0 spiro atoms. The smallest absolute Gasteiger partial charge is 0.163 e. The minimum atomic E-state index is 0.467. The molecule has 0 aliphatic rings. The molecule has 88 valence electrons. The molecule has 1 heterocycles. The Balaban J connectivity index is 2.45. The van der Waals surface area contributed by atoms with Crippen LogP contribution >= 0.6 is 11.6 Å². The summed E-state index contributed by atoms with van der Waals surface area (Å²) in [5, 5.41) is 0.467. The van der Waals surface area contributed by atoms with Crippen molar-refractivity contribution in [2.24, 2.45) is 0 Å². The Labute approximate surface area is 106 Å². The number of aromatic nitrogens is 2. The van der Waals surface area contributed by atoms with E-state index in [-0.39, 0.29) is 0 Å². The zero-order valence-electron chi connectivity index (χ0n) is 9.89. The first kappa shape index (κ1) is 11.9. The number of benzene rings is 1. The number of anilines is 1. The van der Waals surface area contributed by atoms with Crippen molar-refractivity contribution in [3.8, 4) is 11.4 Å². The van der Waals surface area contributed by atoms with Crippen LogP contribution in [0.4, 0.5) is 5.82 Å². The van der Waals surface area contributed by atoms with E-state index in [2.05, 4.69) is 16.9 Å². The van der Waals surface area contributed by atoms with Gasteiger partial charge in [-0.1, -0.05) is 41.9 Å². The second kappa shape index (κ2) is 5.15. The summed E-state index contributed by atoms with van der Waals surface area (Å²) in [6.45, 7) is 2.94. The van der Waals surface area contributed by atoms with Crippen LogP contribution < -0.4 is 4.90 Å². The summed E-state index contributed by atoms with van der Waals surface area (Å²) in [6.07, 6.45) is 0. The lowest BCUT2D eigenvalue weighted by atomic mass is 10.2. The summed E-state index contributed by atoms with van der Waals surface area (Å²) in [5.41, 5.74) is 0.973. The molecule has 0 bridgehead atoms. The first-order valence-corrected chi connectivity index (χ1v) is 5.89. The molecule has 0 radical (unpaired) electrons. The maximum atomic E-state index is 6.02. The van der Waals surface area contributed by atoms with Gasteiger partial charge in [-0.2, -0.15) is 0 Å². The van der Waals surface area contributed by atoms with Crippen molar-refractivity contribution in [1.29, 1.82) is 0 Å². The molecule has 0 aliphatic heterocycles. The van der Waals surface area contributed by atoms with E-state index in [0.29, 0.717) is 11.0 Å². The van der Waals surface area contributed by atoms with Gasteiger partial charge in [0, 0.05) is 25.2 Å². The molecule has 1 aromatic carbocycles. The quantitative estimate of drug-likeness (QED) is 0.780. The Morgan fingerprint density at radius 2 is 1.88 bits per heavy atom. The number of nitrogens with zero attached hydrogens (tertiary/aromatic N) is 3. The fourth-order valence-corrected chi connectivity index (χ4v) is 1.66. The monoisotopic (exact) mass is 247 g/mol. The predicted molar refractivity (Wildman–Crippen MR) is 71.4 cm³/mol. The summed E-state index contributed by atoms with van der Waals surface area (Å²) in [4.78, 5) is 10.8. The molecule has 0 atom stereocenters. The first-order valence-electron chi connectivity index (χ1n) is 5.52. The van der Waals surface area contributed by atoms with Crippen molar-refractivity contribution in [3.05, 3.63) is 41.6 Å². The van der Waals surface area contributed by atoms with Gasteiger partial charge in [-0.3, -0.25) is 0 Å². The Hall–Kier alpha value is -1.61. The molecule has 0 N–H and O–H groups in total. The van der Waals surface area contributed by atoms with E-state index >= 15 is 0 Å². The SMILES string of the molecule is CCN(C)c1cc(Cl)nc(-c2ccccc2)n1. The van der Waals surface area contributed by atoms with E-state index < -0.39 is 0 Å². The summed E-state index contributed by atoms with van der Waals surface area (Å²) in [7, 11) is 1.98. The third-order valence-corrected chi connectivity index (χ3v) is 2.77. The maximum absolute atomic E-state index is 6.02. The van der Waals surface area contributed by atoms with E-state index in [1.54, 1.807) is 6.07 Å². The van der Waals surface area contributed by atoms with Gasteiger partial charge in [0.05, 0.1) is 0 Å². The van der Waals surface area contributed by atoms with Crippen LogP contribution in [-0.4, -0.2) is 23.6 Å². The van der Waals surface area contributed by atoms with Crippen LogP contribution in [0.25, 0.3) is 11.4 Å². The highest BCUT2D eigenvalue weighted by molar-refractivity contribution is 6.29. The Morgan fingerprint density at radius 1 is 1.18 bits per heavy atom. The van der Waals surface area contributed by atoms with Crippen LogP contribution in [0.3, 0.4) is 0 Å². The normalized spacial score (nSPS) is 10.3. The maximum Gasteiger partial charge on any atom is 0.163 e. The topological polar surface area (TPSA) is 29.0 Å². The third kappa shape index (κ3) is 2.74. The fourth-order valence-electron chi connectivity index (χ4n) is 1.48. The molecule has 0 saturated heterocycles. The zero-order valence-corrected chi connectivity index (χ0v) is 10.6. The van der Waals surface area contributed by atoms with Gasteiger partial charge in [0.1, 0.15) is 11.0 Å². The van der Waals surface area contributed by atoms with Crippen molar-refractivity contribution in [2.75, 3.05) is 18.5 Å². The zero-order chi connectivity index (χ0) is 12.3. The second-order valence-corrected chi connectivity index (χ2v) is 4.14. The largest absolute Gasteiger partial charge is 0.360 e. The highest BCUT2D eigenvalue weighted by atomic mass is 35.5. The number of hydrogen-bond acceptors (Lipinski definition) is 3. The molecule has 0 saturated carbocycles. The highest BCUT2D eigenvalue weighted by Gasteiger charge is 2.07. The van der Waals surface area contributed by atoms with Crippen molar-refractivity contribution in [1.82, 2.24) is 9.97 Å². The van der Waals surface area contributed by atoms with Crippen molar-refractivity contribution in [2.45, 2.75) is 6.92 Å². The van der Waals surface area contributed by atoms with Crippen molar-refractivity contribution in [3.63, 3.8) is 0 Å². The van der Waals surface area contributed by atoms with Gasteiger partial charge in [-0.15, -0.1) is 0 Å². The van der Waals surface area contributed by atoms with Gasteiger partial charge in [-0.05, 0) is 6.92 Å². The molecule has 17 heavy (non-hydrogen) atoms. The van der Waals surface area contributed by atoms with E-state index in [1.165, 1.54) is 0 Å². The Bertz CT molecular complexity index is 499. The molecular weight excluding hydrogens is 234 g/mol. The van der Waals surface area contributed by atoms with Gasteiger partial charge in [0.25, 0.3) is 0 Å². The van der Waals surface area contributed by atoms with E-state index in [4.69, 9.17) is 11.6 Å². The Kier molecular flexibility index (Phi) is 3.59. The van der Waals surface area contributed by atoms with Gasteiger partial charge < -0.3 is 4.90 Å². The van der Waals surface area contributed by atoms with Crippen LogP contribution in [0.2, 0.25) is 5.15 Å². The lowest BCUT2D eigenvalue weighted by Crippen LogP contribution is -2.17. The lowest BCUT2D eigenvalue weighted by Gasteiger charge is -2.16. The minimum Gasteiger partial charge on any atom is -0.360 e. The average molecular weight is 248 g/mol. The molecule has 1 aromatic heterocycles. The number of halogens is 1. The summed E-state index contributed by atoms with van der Waals surface area (Å²) in [5.74, 6) is 1.50. The lowest BCUT2D eigenvalue weighted by molar-refractivity contribution is 0.931. The summed E-state index contributed by atoms with van der Waals surface area (Å²) < 4.78 is 0. The first-order chi connectivity index (χ1) is 8.20. The second-order valence-electron chi connectivity index (χ2n) is 3.75. The van der Waals surface area contributed by atoms with Gasteiger partial charge in [0.15, 0.2) is 5.82 Å². The minimum absolute atomic E-state index is 0.467. The molecule has 3 nitrogen and oxygen atoms in total. The predicted octanol–water partition coefficient (Wildman–Crippen LogP) is 3.25. The molecule has 0 unspecified atom stereocenters. The molecule has 0 fully saturated rings. The van der Waals surface area contributed by atoms with Gasteiger partial charge in [0.2, 0.25) is 0 Å². The standard InChI is InChI=1S/C13H14ClN3/c1-3-17(2)12-9-11(14)15-13(16-12)10-7-5-4-6-8-10/h4-9H,3H2,1-2H3. The van der Waals surface area contributed by atoms with E-state index in [9.17, 15) is 0 Å². The molecule has 4 heteroatoms. The fraction of sp³-hybridized carbons (Fsp3) is 0.231. The Morgan fingerprint density at radius 3 is 2.53 bits per heavy atom. The van der Waals surface area contributed by atoms with Crippen LogP contribution in [-0.2, 0) is 0 Å². The van der Waals surface area contributed by atoms with Crippen LogP contribution in [0.15, 0.2) is 36.4 Å². The molecule has 0 aliphatic carbocycles. The van der Waals surface area contributed by atoms with Crippen LogP contribution in [0.5, 0.6) is 0 Å². The van der Waals surface area contributed by atoms with Crippen LogP contribution in [0, 0.1) is 0 Å². The van der Waals surface area contributed by atoms with Crippen molar-refractivity contribution < 1.29 is 0 Å². The molecule has 0 amide bonds. The van der Waals surface area contributed by atoms with E-state index in [0.717, 1.165) is 17.9 Å². The molecule has 2 aromatic rings. The van der Waals surface area contributed by atoms with Crippen LogP contribution in [0.1, 0.15) is 6.92 Å². The third-order valence-electron chi connectivity index (χ3n) is 2.58. The summed E-state index contributed by atoms with van der Waals surface area (Å²) >= 11 is 6.02. The summed E-state index contributed by atoms with van der Waals surface area (Å²) in [6, 6.07) is 11.6. The van der Waals surface area contributed by atoms with E-state index in [1.807, 2.05) is 42.3 Å². The molecular formula is C13H14ClN3. The average Bonchev–Trinajstić information content (AvgIpc) is 2.38. The van der Waals surface area contributed by atoms with Crippen molar-refractivity contribution >= 4 is 17.4 Å². The molecule has 2 rings (SSSR count). The van der Waals surface area contributed by atoms with Gasteiger partial charge in [-0.25, -0.2) is 9.97 Å².